The molecule has 1 N–H and O–H groups in total. The summed E-state index contributed by atoms with van der Waals surface area (Å²) < 4.78 is 16.6. The van der Waals surface area contributed by atoms with E-state index in [2.05, 4.69) is 0 Å². The third kappa shape index (κ3) is 33.3. The Morgan fingerprint density at radius 1 is 1.50 bits per heavy atom. The predicted octanol–water partition coefficient (Wildman–Crippen LogP) is -0.167. The van der Waals surface area contributed by atoms with Crippen molar-refractivity contribution in [3.8, 4) is 0 Å². The summed E-state index contributed by atoms with van der Waals surface area (Å²) in [5.41, 5.74) is 0. The van der Waals surface area contributed by atoms with Crippen molar-refractivity contribution in [2.24, 2.45) is 0 Å². The molecule has 0 aromatic carbocycles. The van der Waals surface area contributed by atoms with Crippen molar-refractivity contribution in [1.82, 2.24) is 0 Å². The van der Waals surface area contributed by atoms with E-state index in [1.54, 1.807) is 0 Å². The summed E-state index contributed by atoms with van der Waals surface area (Å²) in [7, 11) is 0. The molecule has 1 atom stereocenters. The minimum absolute atomic E-state index is 0. The fourth-order valence-corrected chi connectivity index (χ4v) is 0. The van der Waals surface area contributed by atoms with E-state index in [1.165, 1.54) is 6.26 Å². The third-order valence-electron chi connectivity index (χ3n) is 0. The molecule has 0 rings (SSSR count). The summed E-state index contributed by atoms with van der Waals surface area (Å²) >= 11 is -1.61. The summed E-state index contributed by atoms with van der Waals surface area (Å²) in [5.74, 6) is 0. The minimum Gasteiger partial charge on any atom is -0.306 e. The van der Waals surface area contributed by atoms with E-state index in [9.17, 15) is 0 Å². The van der Waals surface area contributed by atoms with Crippen molar-refractivity contribution in [2.75, 3.05) is 6.26 Å². The first kappa shape index (κ1) is 15.8. The molecule has 0 aliphatic heterocycles. The molecular weight excluding hydrogens is 254 g/mol. The minimum atomic E-state index is -1.61. The monoisotopic (exact) mass is 258 g/mol. The maximum absolute atomic E-state index is 9.11. The van der Waals surface area contributed by atoms with Gasteiger partial charge >= 0.3 is 0 Å². The van der Waals surface area contributed by atoms with Crippen LogP contribution in [0.3, 0.4) is 0 Å². The van der Waals surface area contributed by atoms with Crippen LogP contribution in [-0.4, -0.2) is 15.0 Å². The molecule has 2 nitrogen and oxygen atoms in total. The summed E-state index contributed by atoms with van der Waals surface area (Å²) in [5, 5.41) is 0. The van der Waals surface area contributed by atoms with Crippen LogP contribution < -0.4 is 0 Å². The summed E-state index contributed by atoms with van der Waals surface area (Å²) in [6.07, 6.45) is 1.19. The second-order valence-corrected chi connectivity index (χ2v) is 1.27. The van der Waals surface area contributed by atoms with Gasteiger partial charge in [-0.15, -0.1) is 0 Å². The van der Waals surface area contributed by atoms with E-state index in [0.29, 0.717) is 0 Å². The Hall–Kier alpha value is 2.32. The van der Waals surface area contributed by atoms with Gasteiger partial charge in [0, 0.05) is 71.7 Å². The Morgan fingerprint density at radius 3 is 1.50 bits per heavy atom. The average Bonchev–Trinajstić information content (AvgIpc) is 0.811. The van der Waals surface area contributed by atoms with Crippen LogP contribution in [0.1, 0.15) is 0 Å². The van der Waals surface area contributed by atoms with E-state index < -0.39 is 11.1 Å². The molecule has 0 saturated carbocycles. The SMILES string of the molecule is CS(=O)O.[Y].[Y]. The van der Waals surface area contributed by atoms with E-state index in [0.717, 1.165) is 0 Å². The van der Waals surface area contributed by atoms with Crippen LogP contribution in [0.5, 0.6) is 0 Å². The van der Waals surface area contributed by atoms with Crippen molar-refractivity contribution in [2.45, 2.75) is 0 Å². The molecular formula is CH4O2SY2. The maximum Gasteiger partial charge on any atom is 0.149 e. The maximum atomic E-state index is 9.11. The van der Waals surface area contributed by atoms with Gasteiger partial charge in [-0.1, -0.05) is 0 Å². The summed E-state index contributed by atoms with van der Waals surface area (Å²) in [6.45, 7) is 0. The molecule has 0 spiro atoms. The third-order valence-corrected chi connectivity index (χ3v) is 0. The van der Waals surface area contributed by atoms with Gasteiger partial charge < -0.3 is 4.55 Å². The Bertz CT molecular complexity index is 34.5. The fraction of sp³-hybridized carbons (Fsp3) is 1.00. The van der Waals surface area contributed by atoms with Gasteiger partial charge in [-0.2, -0.15) is 0 Å². The largest absolute Gasteiger partial charge is 0.306 e. The van der Waals surface area contributed by atoms with E-state index in [-0.39, 0.29) is 65.4 Å². The molecule has 1 unspecified atom stereocenters. The van der Waals surface area contributed by atoms with Gasteiger partial charge in [-0.05, 0) is 0 Å². The molecule has 0 aliphatic rings. The van der Waals surface area contributed by atoms with Gasteiger partial charge in [0.15, 0.2) is 0 Å². The Labute approximate surface area is 89.9 Å². The molecule has 0 bridgehead atoms. The van der Waals surface area contributed by atoms with Crippen molar-refractivity contribution in [3.63, 3.8) is 0 Å². The normalized spacial score (nSPS) is 10.3. The molecule has 2 radical (unpaired) electrons. The first-order valence-electron chi connectivity index (χ1n) is 0.757. The standard InChI is InChI=1S/CH4O2S.2Y/c1-4(2)3;;/h1H3,(H,2,3);;. The van der Waals surface area contributed by atoms with E-state index in [1.807, 2.05) is 0 Å². The van der Waals surface area contributed by atoms with Crippen LogP contribution in [0, 0.1) is 0 Å². The Kier molecular flexibility index (Phi) is 27.1. The molecule has 5 heteroatoms. The van der Waals surface area contributed by atoms with Crippen LogP contribution >= 0.6 is 0 Å². The second-order valence-electron chi connectivity index (χ2n) is 0.424. The molecule has 0 aromatic heterocycles. The van der Waals surface area contributed by atoms with E-state index >= 15 is 0 Å². The van der Waals surface area contributed by atoms with Gasteiger partial charge in [0.1, 0.15) is 11.1 Å². The molecule has 32 valence electrons. The zero-order chi connectivity index (χ0) is 3.58. The zero-order valence-electron chi connectivity index (χ0n) is 3.42. The molecule has 6 heavy (non-hydrogen) atoms. The quantitative estimate of drug-likeness (QED) is 0.612. The number of rotatable bonds is 0. The van der Waals surface area contributed by atoms with Crippen LogP contribution in [0.25, 0.3) is 0 Å². The average molecular weight is 258 g/mol. The van der Waals surface area contributed by atoms with Gasteiger partial charge in [-0.25, -0.2) is 4.21 Å². The number of hydrogen-bond donors (Lipinski definition) is 1. The van der Waals surface area contributed by atoms with Gasteiger partial charge in [0.2, 0.25) is 0 Å². The summed E-state index contributed by atoms with van der Waals surface area (Å²) in [4.78, 5) is 0. The van der Waals surface area contributed by atoms with Gasteiger partial charge in [-0.3, -0.25) is 0 Å². The van der Waals surface area contributed by atoms with Crippen molar-refractivity contribution < 1.29 is 74.2 Å². The van der Waals surface area contributed by atoms with Crippen LogP contribution in [-0.2, 0) is 76.5 Å². The molecule has 0 amide bonds. The molecule has 0 aliphatic carbocycles. The van der Waals surface area contributed by atoms with Crippen molar-refractivity contribution >= 4 is 11.1 Å². The second kappa shape index (κ2) is 10.3. The van der Waals surface area contributed by atoms with Gasteiger partial charge in [0.25, 0.3) is 0 Å². The summed E-state index contributed by atoms with van der Waals surface area (Å²) in [6, 6.07) is 0. The molecule has 0 heterocycles. The van der Waals surface area contributed by atoms with Crippen LogP contribution in [0.2, 0.25) is 0 Å². The Balaban J connectivity index is -0.0000000450. The first-order valence-corrected chi connectivity index (χ1v) is 2.27. The van der Waals surface area contributed by atoms with Crippen LogP contribution in [0.4, 0.5) is 0 Å². The topological polar surface area (TPSA) is 37.3 Å². The predicted molar refractivity (Wildman–Crippen MR) is 16.7 cm³/mol. The zero-order valence-corrected chi connectivity index (χ0v) is 9.91. The first-order chi connectivity index (χ1) is 1.73. The van der Waals surface area contributed by atoms with Crippen molar-refractivity contribution in [3.05, 3.63) is 0 Å². The smallest absolute Gasteiger partial charge is 0.149 e. The van der Waals surface area contributed by atoms with E-state index in [4.69, 9.17) is 8.76 Å². The molecule has 0 fully saturated rings. The van der Waals surface area contributed by atoms with Crippen molar-refractivity contribution in [1.29, 1.82) is 0 Å². The van der Waals surface area contributed by atoms with Gasteiger partial charge in [0.05, 0.1) is 0 Å². The van der Waals surface area contributed by atoms with Crippen LogP contribution in [0.15, 0.2) is 0 Å². The molecule has 0 saturated heterocycles. The molecule has 0 aromatic rings. The number of hydrogen-bond acceptors (Lipinski definition) is 1. The Morgan fingerprint density at radius 2 is 1.50 bits per heavy atom. The fourth-order valence-electron chi connectivity index (χ4n) is 0.